The Hall–Kier alpha value is -2.71. The number of nitrogens with zero attached hydrogens (tertiary/aromatic N) is 2. The number of amides is 1. The summed E-state index contributed by atoms with van der Waals surface area (Å²) >= 11 is 0. The number of esters is 1. The number of hydrogen-bond donors (Lipinski definition) is 2. The fourth-order valence-corrected chi connectivity index (χ4v) is 2.09. The van der Waals surface area contributed by atoms with Gasteiger partial charge in [-0.05, 0) is 13.8 Å². The highest BCUT2D eigenvalue weighted by Gasteiger charge is 2.40. The van der Waals surface area contributed by atoms with E-state index in [0.29, 0.717) is 6.42 Å². The Balaban J connectivity index is 2.30. The molecule has 1 aliphatic heterocycles. The second kappa shape index (κ2) is 5.00. The minimum absolute atomic E-state index is 0.0211. The van der Waals surface area contributed by atoms with Gasteiger partial charge in [0.1, 0.15) is 23.7 Å². The van der Waals surface area contributed by atoms with E-state index in [1.807, 2.05) is 0 Å². The van der Waals surface area contributed by atoms with Crippen LogP contribution in [-0.4, -0.2) is 33.4 Å². The lowest BCUT2D eigenvalue weighted by molar-refractivity contribution is -0.385. The normalized spacial score (nSPS) is 19.9. The van der Waals surface area contributed by atoms with Gasteiger partial charge in [-0.2, -0.15) is 0 Å². The van der Waals surface area contributed by atoms with E-state index in [-0.39, 0.29) is 17.1 Å². The molecule has 112 valence electrons. The van der Waals surface area contributed by atoms with Gasteiger partial charge in [-0.3, -0.25) is 14.9 Å². The Labute approximate surface area is 119 Å². The highest BCUT2D eigenvalue weighted by atomic mass is 16.6. The Kier molecular flexibility index (Phi) is 3.50. The third kappa shape index (κ3) is 3.07. The quantitative estimate of drug-likeness (QED) is 0.471. The Bertz CT molecular complexity index is 628. The molecule has 0 bridgehead atoms. The molecule has 0 spiro atoms. The molecule has 1 atom stereocenters. The van der Waals surface area contributed by atoms with Crippen LogP contribution in [0.25, 0.3) is 0 Å². The average Bonchev–Trinajstić information content (AvgIpc) is 2.62. The van der Waals surface area contributed by atoms with Crippen LogP contribution >= 0.6 is 0 Å². The second-order valence-electron chi connectivity index (χ2n) is 5.29. The van der Waals surface area contributed by atoms with Crippen LogP contribution in [0.15, 0.2) is 12.3 Å². The van der Waals surface area contributed by atoms with Crippen LogP contribution < -0.4 is 11.1 Å². The predicted octanol–water partition coefficient (Wildman–Crippen LogP) is 0.595. The summed E-state index contributed by atoms with van der Waals surface area (Å²) in [7, 11) is 0. The van der Waals surface area contributed by atoms with Gasteiger partial charge in [0.25, 0.3) is 11.6 Å². The molecule has 1 aromatic heterocycles. The predicted molar refractivity (Wildman–Crippen MR) is 71.6 cm³/mol. The number of pyridine rings is 1. The van der Waals surface area contributed by atoms with Gasteiger partial charge in [0.05, 0.1) is 10.5 Å². The van der Waals surface area contributed by atoms with Crippen LogP contribution in [0, 0.1) is 10.1 Å². The van der Waals surface area contributed by atoms with E-state index in [1.165, 1.54) is 0 Å². The first-order valence-corrected chi connectivity index (χ1v) is 6.13. The molecule has 3 N–H and O–H groups in total. The lowest BCUT2D eigenvalue weighted by Gasteiger charge is -2.15. The van der Waals surface area contributed by atoms with Crippen molar-refractivity contribution < 1.29 is 19.2 Å². The largest absolute Gasteiger partial charge is 0.458 e. The van der Waals surface area contributed by atoms with E-state index in [0.717, 1.165) is 12.3 Å². The summed E-state index contributed by atoms with van der Waals surface area (Å²) < 4.78 is 5.14. The van der Waals surface area contributed by atoms with Crippen molar-refractivity contribution in [2.75, 3.05) is 5.32 Å². The molecule has 9 nitrogen and oxygen atoms in total. The summed E-state index contributed by atoms with van der Waals surface area (Å²) in [5, 5.41) is 13.4. The molecule has 0 saturated carbocycles. The summed E-state index contributed by atoms with van der Waals surface area (Å²) in [5.41, 5.74) is 4.06. The minimum Gasteiger partial charge on any atom is -0.458 e. The summed E-state index contributed by atoms with van der Waals surface area (Å²) in [6, 6.07) is 0.329. The van der Waals surface area contributed by atoms with Crippen molar-refractivity contribution in [2.45, 2.75) is 31.9 Å². The van der Waals surface area contributed by atoms with E-state index < -0.39 is 28.4 Å². The van der Waals surface area contributed by atoms with Crippen molar-refractivity contribution in [3.8, 4) is 0 Å². The summed E-state index contributed by atoms with van der Waals surface area (Å²) in [5.74, 6) is -1.33. The molecule has 1 aromatic rings. The van der Waals surface area contributed by atoms with Gasteiger partial charge in [0.15, 0.2) is 0 Å². The Morgan fingerprint density at radius 3 is 2.76 bits per heavy atom. The third-order valence-electron chi connectivity index (χ3n) is 3.02. The number of aromatic nitrogens is 1. The van der Waals surface area contributed by atoms with Gasteiger partial charge in [-0.1, -0.05) is 0 Å². The second-order valence-corrected chi connectivity index (χ2v) is 5.29. The molecule has 0 aliphatic carbocycles. The smallest absolute Gasteiger partial charge is 0.329 e. The molecule has 2 heterocycles. The van der Waals surface area contributed by atoms with E-state index in [2.05, 4.69) is 10.3 Å². The van der Waals surface area contributed by atoms with Gasteiger partial charge in [0.2, 0.25) is 0 Å². The average molecular weight is 294 g/mol. The first-order valence-electron chi connectivity index (χ1n) is 6.13. The molecule has 1 aliphatic rings. The van der Waals surface area contributed by atoms with E-state index in [9.17, 15) is 19.7 Å². The molecule has 9 heteroatoms. The first-order chi connectivity index (χ1) is 9.69. The lowest BCUT2D eigenvalue weighted by Crippen LogP contribution is -2.27. The fraction of sp³-hybridized carbons (Fsp3) is 0.417. The molecule has 21 heavy (non-hydrogen) atoms. The summed E-state index contributed by atoms with van der Waals surface area (Å²) in [6.45, 7) is 3.51. The summed E-state index contributed by atoms with van der Waals surface area (Å²) in [4.78, 5) is 36.9. The van der Waals surface area contributed by atoms with Crippen LogP contribution in [0.2, 0.25) is 0 Å². The number of cyclic esters (lactones) is 1. The van der Waals surface area contributed by atoms with Gasteiger partial charge in [-0.15, -0.1) is 0 Å². The maximum absolute atomic E-state index is 11.7. The number of carbonyl (C=O) groups excluding carboxylic acids is 2. The number of carbonyl (C=O) groups is 2. The number of hydrogen-bond acceptors (Lipinski definition) is 7. The van der Waals surface area contributed by atoms with Crippen LogP contribution in [0.4, 0.5) is 11.5 Å². The van der Waals surface area contributed by atoms with Crippen LogP contribution in [0.3, 0.4) is 0 Å². The van der Waals surface area contributed by atoms with Gasteiger partial charge in [0, 0.05) is 12.5 Å². The fourth-order valence-electron chi connectivity index (χ4n) is 2.09. The zero-order valence-corrected chi connectivity index (χ0v) is 11.5. The van der Waals surface area contributed by atoms with Crippen LogP contribution in [0.1, 0.15) is 30.6 Å². The van der Waals surface area contributed by atoms with Crippen molar-refractivity contribution in [1.82, 2.24) is 4.98 Å². The van der Waals surface area contributed by atoms with E-state index in [4.69, 9.17) is 10.5 Å². The van der Waals surface area contributed by atoms with Gasteiger partial charge in [-0.25, -0.2) is 9.78 Å². The monoisotopic (exact) mass is 294 g/mol. The number of nitrogens with one attached hydrogen (secondary N) is 1. The molecule has 0 unspecified atom stereocenters. The standard InChI is InChI=1S/C12H14N4O5/c1-12(2)4-8(11(18)21-12)15-10-7(9(13)17)3-6(5-14-10)16(19)20/h3,5,8H,4H2,1-2H3,(H2,13,17)(H,14,15)/t8-/m0/s1. The Morgan fingerprint density at radius 1 is 1.62 bits per heavy atom. The molecule has 1 fully saturated rings. The molecule has 0 aromatic carbocycles. The maximum atomic E-state index is 11.7. The van der Waals surface area contributed by atoms with Gasteiger partial charge >= 0.3 is 5.97 Å². The molecular weight excluding hydrogens is 280 g/mol. The number of nitrogens with two attached hydrogens (primary N) is 1. The van der Waals surface area contributed by atoms with Crippen molar-refractivity contribution in [3.05, 3.63) is 27.9 Å². The molecule has 1 amide bonds. The molecule has 0 radical (unpaired) electrons. The highest BCUT2D eigenvalue weighted by molar-refractivity contribution is 5.98. The molecule has 1 saturated heterocycles. The van der Waals surface area contributed by atoms with E-state index >= 15 is 0 Å². The van der Waals surface area contributed by atoms with Crippen molar-refractivity contribution in [3.63, 3.8) is 0 Å². The van der Waals surface area contributed by atoms with Crippen LogP contribution in [0.5, 0.6) is 0 Å². The first kappa shape index (κ1) is 14.7. The number of anilines is 1. The van der Waals surface area contributed by atoms with Gasteiger partial charge < -0.3 is 15.8 Å². The lowest BCUT2D eigenvalue weighted by atomic mass is 10.0. The van der Waals surface area contributed by atoms with Crippen molar-refractivity contribution >= 4 is 23.4 Å². The number of nitro groups is 1. The van der Waals surface area contributed by atoms with Crippen LogP contribution in [-0.2, 0) is 9.53 Å². The van der Waals surface area contributed by atoms with Crippen molar-refractivity contribution in [2.24, 2.45) is 5.73 Å². The maximum Gasteiger partial charge on any atom is 0.329 e. The minimum atomic E-state index is -0.876. The van der Waals surface area contributed by atoms with E-state index in [1.54, 1.807) is 13.8 Å². The molecular formula is C12H14N4O5. The number of rotatable bonds is 4. The highest BCUT2D eigenvalue weighted by Crippen LogP contribution is 2.29. The number of ether oxygens (including phenoxy) is 1. The number of primary amides is 1. The molecule has 2 rings (SSSR count). The zero-order chi connectivity index (χ0) is 15.8. The zero-order valence-electron chi connectivity index (χ0n) is 11.5. The van der Waals surface area contributed by atoms with Crippen molar-refractivity contribution in [1.29, 1.82) is 0 Å². The summed E-state index contributed by atoms with van der Waals surface area (Å²) in [6.07, 6.45) is 1.36. The third-order valence-corrected chi connectivity index (χ3v) is 3.02. The Morgan fingerprint density at radius 2 is 2.29 bits per heavy atom. The topological polar surface area (TPSA) is 137 Å². The SMILES string of the molecule is CC1(C)C[C@H](Nc2ncc([N+](=O)[O-])cc2C(N)=O)C(=O)O1.